The highest BCUT2D eigenvalue weighted by atomic mass is 16.5. The van der Waals surface area contributed by atoms with Gasteiger partial charge in [0.05, 0.1) is 12.3 Å². The van der Waals surface area contributed by atoms with E-state index in [0.29, 0.717) is 44.9 Å². The molecule has 4 rings (SSSR count). The molecule has 2 saturated heterocycles. The Kier molecular flexibility index (Phi) is 7.70. The van der Waals surface area contributed by atoms with Crippen molar-refractivity contribution in [3.8, 4) is 5.69 Å². The molecule has 1 aromatic heterocycles. The minimum Gasteiger partial charge on any atom is -0.360 e. The molecule has 11 heteroatoms. The number of carbonyl (C=O) groups excluding carboxylic acids is 3. The summed E-state index contributed by atoms with van der Waals surface area (Å²) in [7, 11) is 0. The Hall–Kier alpha value is -3.57. The molecule has 2 aromatic rings. The predicted molar refractivity (Wildman–Crippen MR) is 142 cm³/mol. The molecule has 3 amide bonds. The number of ether oxygens (including phenoxy) is 1. The third kappa shape index (κ3) is 5.78. The smallest absolute Gasteiger partial charge is 0.354 e. The van der Waals surface area contributed by atoms with E-state index in [9.17, 15) is 19.2 Å². The number of hydrogen-bond acceptors (Lipinski definition) is 7. The number of rotatable bonds is 5. The molecule has 1 aromatic carbocycles. The number of carbonyl (C=O) groups is 3. The standard InChI is InChI=1S/C27H36N6O5/c1-18-16-20(7-6-19(18)9-15-34)33-10-8-21(29-25(33)37)28-24(36)32-13-11-31(12-14-32)23(35)27(5)17-38-22(30-27)26(2,3)4/h6-8,10,15-16,22,30H,9,11-14,17H2,1-5H3,(H,28,29,36,37)/t22-,27+/m1/s1. The summed E-state index contributed by atoms with van der Waals surface area (Å²) in [5, 5.41) is 6.03. The lowest BCUT2D eigenvalue weighted by Crippen LogP contribution is -2.61. The lowest BCUT2D eigenvalue weighted by Gasteiger charge is -2.38. The second kappa shape index (κ2) is 10.7. The average Bonchev–Trinajstić information content (AvgIpc) is 3.29. The summed E-state index contributed by atoms with van der Waals surface area (Å²) in [6, 6.07) is 6.57. The van der Waals surface area contributed by atoms with Crippen LogP contribution < -0.4 is 16.3 Å². The van der Waals surface area contributed by atoms with Gasteiger partial charge in [-0.1, -0.05) is 26.8 Å². The molecule has 204 valence electrons. The molecule has 2 aliphatic rings. The van der Waals surface area contributed by atoms with Crippen LogP contribution in [0.3, 0.4) is 0 Å². The van der Waals surface area contributed by atoms with Gasteiger partial charge in [0, 0.05) is 44.2 Å². The van der Waals surface area contributed by atoms with Crippen molar-refractivity contribution in [2.75, 3.05) is 38.1 Å². The van der Waals surface area contributed by atoms with Crippen LogP contribution in [-0.2, 0) is 20.7 Å². The van der Waals surface area contributed by atoms with Crippen LogP contribution in [0.25, 0.3) is 5.69 Å². The number of nitrogens with one attached hydrogen (secondary N) is 2. The minimum absolute atomic E-state index is 0.0380. The van der Waals surface area contributed by atoms with Crippen molar-refractivity contribution < 1.29 is 19.1 Å². The first-order valence-electron chi connectivity index (χ1n) is 12.8. The Bertz CT molecular complexity index is 1280. The molecule has 0 radical (unpaired) electrons. The Morgan fingerprint density at radius 3 is 2.45 bits per heavy atom. The summed E-state index contributed by atoms with van der Waals surface area (Å²) in [6.07, 6.45) is 2.50. The van der Waals surface area contributed by atoms with Gasteiger partial charge in [0.15, 0.2) is 0 Å². The zero-order valence-electron chi connectivity index (χ0n) is 22.6. The number of nitrogens with zero attached hydrogens (tertiary/aromatic N) is 4. The molecule has 0 saturated carbocycles. The van der Waals surface area contributed by atoms with Gasteiger partial charge < -0.3 is 19.3 Å². The first kappa shape index (κ1) is 27.5. The highest BCUT2D eigenvalue weighted by molar-refractivity contribution is 5.89. The van der Waals surface area contributed by atoms with Crippen molar-refractivity contribution in [3.63, 3.8) is 0 Å². The monoisotopic (exact) mass is 524 g/mol. The maximum absolute atomic E-state index is 13.2. The van der Waals surface area contributed by atoms with E-state index in [1.54, 1.807) is 28.1 Å². The second-order valence-corrected chi connectivity index (χ2v) is 11.2. The van der Waals surface area contributed by atoms with Gasteiger partial charge in [-0.15, -0.1) is 0 Å². The van der Waals surface area contributed by atoms with Gasteiger partial charge in [-0.05, 0) is 43.2 Å². The number of aldehydes is 1. The van der Waals surface area contributed by atoms with E-state index in [2.05, 4.69) is 36.4 Å². The molecule has 0 unspecified atom stereocenters. The van der Waals surface area contributed by atoms with E-state index in [0.717, 1.165) is 17.4 Å². The van der Waals surface area contributed by atoms with Crippen LogP contribution in [0.2, 0.25) is 0 Å². The summed E-state index contributed by atoms with van der Waals surface area (Å²) >= 11 is 0. The molecule has 2 N–H and O–H groups in total. The molecule has 2 atom stereocenters. The van der Waals surface area contributed by atoms with Crippen LogP contribution in [0, 0.1) is 12.3 Å². The topological polar surface area (TPSA) is 126 Å². The molecule has 0 spiro atoms. The largest absolute Gasteiger partial charge is 0.360 e. The summed E-state index contributed by atoms with van der Waals surface area (Å²) < 4.78 is 7.24. The van der Waals surface area contributed by atoms with Gasteiger partial charge in [0.2, 0.25) is 5.91 Å². The van der Waals surface area contributed by atoms with Crippen molar-refractivity contribution >= 4 is 24.0 Å². The fourth-order valence-electron chi connectivity index (χ4n) is 4.68. The van der Waals surface area contributed by atoms with Crippen molar-refractivity contribution in [2.45, 2.75) is 52.8 Å². The van der Waals surface area contributed by atoms with Crippen LogP contribution in [0.1, 0.15) is 38.8 Å². The maximum Gasteiger partial charge on any atom is 0.354 e. The van der Waals surface area contributed by atoms with Gasteiger partial charge in [0.25, 0.3) is 0 Å². The van der Waals surface area contributed by atoms with Crippen LogP contribution >= 0.6 is 0 Å². The van der Waals surface area contributed by atoms with E-state index in [1.165, 1.54) is 4.57 Å². The number of anilines is 1. The van der Waals surface area contributed by atoms with E-state index >= 15 is 0 Å². The van der Waals surface area contributed by atoms with Gasteiger partial charge in [-0.3, -0.25) is 20.0 Å². The SMILES string of the molecule is Cc1cc(-n2ccc(NC(=O)N3CCN(C(=O)[C@]4(C)CO[C@H](C(C)(C)C)N4)CC3)nc2=O)ccc1CC=O. The zero-order valence-corrected chi connectivity index (χ0v) is 22.6. The first-order chi connectivity index (χ1) is 17.9. The number of hydrogen-bond donors (Lipinski definition) is 2. The number of aryl methyl sites for hydroxylation is 1. The Labute approximate surface area is 222 Å². The fourth-order valence-corrected chi connectivity index (χ4v) is 4.68. The maximum atomic E-state index is 13.2. The lowest BCUT2D eigenvalue weighted by molar-refractivity contribution is -0.138. The van der Waals surface area contributed by atoms with Gasteiger partial charge in [0.1, 0.15) is 23.9 Å². The number of amides is 3. The number of urea groups is 1. The van der Waals surface area contributed by atoms with Crippen molar-refractivity contribution in [3.05, 3.63) is 52.1 Å². The van der Waals surface area contributed by atoms with E-state index in [1.807, 2.05) is 26.0 Å². The summed E-state index contributed by atoms with van der Waals surface area (Å²) in [5.41, 5.74) is 0.947. The van der Waals surface area contributed by atoms with Crippen LogP contribution in [0.15, 0.2) is 35.3 Å². The second-order valence-electron chi connectivity index (χ2n) is 11.2. The van der Waals surface area contributed by atoms with Gasteiger partial charge in [-0.2, -0.15) is 4.98 Å². The van der Waals surface area contributed by atoms with E-state index in [-0.39, 0.29) is 29.4 Å². The Morgan fingerprint density at radius 1 is 1.18 bits per heavy atom. The molecule has 0 bridgehead atoms. The normalized spacial score (nSPS) is 21.9. The van der Waals surface area contributed by atoms with E-state index in [4.69, 9.17) is 4.74 Å². The highest BCUT2D eigenvalue weighted by Gasteiger charge is 2.47. The minimum atomic E-state index is -0.802. The average molecular weight is 525 g/mol. The van der Waals surface area contributed by atoms with Crippen LogP contribution in [0.5, 0.6) is 0 Å². The van der Waals surface area contributed by atoms with Crippen LogP contribution in [-0.4, -0.2) is 82.1 Å². The Morgan fingerprint density at radius 2 is 1.87 bits per heavy atom. The van der Waals surface area contributed by atoms with Crippen molar-refractivity contribution in [2.24, 2.45) is 5.41 Å². The quantitative estimate of drug-likeness (QED) is 0.571. The van der Waals surface area contributed by atoms with Gasteiger partial charge >= 0.3 is 11.7 Å². The molecule has 11 nitrogen and oxygen atoms in total. The summed E-state index contributed by atoms with van der Waals surface area (Å²) in [5.74, 6) is 0.112. The number of benzene rings is 1. The van der Waals surface area contributed by atoms with Gasteiger partial charge in [-0.25, -0.2) is 9.59 Å². The molecule has 3 heterocycles. The third-order valence-electron chi connectivity index (χ3n) is 7.05. The van der Waals surface area contributed by atoms with Crippen LogP contribution in [0.4, 0.5) is 10.6 Å². The Balaban J connectivity index is 1.34. The molecular weight excluding hydrogens is 488 g/mol. The molecule has 2 aliphatic heterocycles. The molecule has 0 aliphatic carbocycles. The zero-order chi connectivity index (χ0) is 27.7. The molecule has 2 fully saturated rings. The van der Waals surface area contributed by atoms with Crippen molar-refractivity contribution in [1.82, 2.24) is 24.7 Å². The first-order valence-corrected chi connectivity index (χ1v) is 12.8. The fraction of sp³-hybridized carbons (Fsp3) is 0.519. The summed E-state index contributed by atoms with van der Waals surface area (Å²) in [4.78, 5) is 56.9. The number of piperazine rings is 1. The van der Waals surface area contributed by atoms with E-state index < -0.39 is 11.2 Å². The highest BCUT2D eigenvalue weighted by Crippen LogP contribution is 2.29. The molecular formula is C27H36N6O5. The predicted octanol–water partition coefficient (Wildman–Crippen LogP) is 1.71. The summed E-state index contributed by atoms with van der Waals surface area (Å²) in [6.45, 7) is 11.7. The third-order valence-corrected chi connectivity index (χ3v) is 7.05. The number of aromatic nitrogens is 2. The molecule has 38 heavy (non-hydrogen) atoms. The lowest BCUT2D eigenvalue weighted by atomic mass is 9.93. The van der Waals surface area contributed by atoms with Crippen molar-refractivity contribution in [1.29, 1.82) is 0 Å².